The van der Waals surface area contributed by atoms with Gasteiger partial charge in [0.05, 0.1) is 4.90 Å². The fourth-order valence-electron chi connectivity index (χ4n) is 3.49. The molecule has 0 bridgehead atoms. The number of carbonyl (C=O) groups excluding carboxylic acids is 1. The van der Waals surface area contributed by atoms with E-state index in [1.807, 2.05) is 24.3 Å². The summed E-state index contributed by atoms with van der Waals surface area (Å²) >= 11 is 0. The van der Waals surface area contributed by atoms with Crippen LogP contribution in [0.5, 0.6) is 0 Å². The van der Waals surface area contributed by atoms with Crippen molar-refractivity contribution in [1.29, 1.82) is 0 Å². The van der Waals surface area contributed by atoms with Gasteiger partial charge in [-0.1, -0.05) is 12.1 Å². The zero-order valence-corrected chi connectivity index (χ0v) is 17.7. The Morgan fingerprint density at radius 2 is 1.77 bits per heavy atom. The number of nitrogens with zero attached hydrogens (tertiary/aromatic N) is 3. The highest BCUT2D eigenvalue weighted by Crippen LogP contribution is 2.27. The van der Waals surface area contributed by atoms with Crippen molar-refractivity contribution in [3.05, 3.63) is 48.5 Å². The minimum Gasteiger partial charge on any atom is -0.423 e. The lowest BCUT2D eigenvalue weighted by molar-refractivity contribution is -0.120. The number of fused-ring (bicyclic) bond motifs is 1. The highest BCUT2D eigenvalue weighted by atomic mass is 32.2. The fourth-order valence-corrected chi connectivity index (χ4v) is 4.40. The highest BCUT2D eigenvalue weighted by molar-refractivity contribution is 7.89. The van der Waals surface area contributed by atoms with Crippen molar-refractivity contribution >= 4 is 38.7 Å². The maximum absolute atomic E-state index is 12.6. The Balaban J connectivity index is 1.35. The molecular weight excluding hydrogens is 404 g/mol. The van der Waals surface area contributed by atoms with E-state index in [1.165, 1.54) is 26.2 Å². The van der Waals surface area contributed by atoms with Gasteiger partial charge in [-0.25, -0.2) is 12.7 Å². The first-order valence-corrected chi connectivity index (χ1v) is 11.2. The van der Waals surface area contributed by atoms with E-state index in [0.717, 1.165) is 15.4 Å². The van der Waals surface area contributed by atoms with E-state index in [0.29, 0.717) is 37.6 Å². The summed E-state index contributed by atoms with van der Waals surface area (Å²) in [4.78, 5) is 19.4. The van der Waals surface area contributed by atoms with Crippen molar-refractivity contribution in [2.75, 3.05) is 37.4 Å². The summed E-state index contributed by atoms with van der Waals surface area (Å²) in [6, 6.07) is 14.5. The number of amides is 1. The lowest BCUT2D eigenvalue weighted by atomic mass is 9.96. The summed E-state index contributed by atoms with van der Waals surface area (Å²) in [5.74, 6) is -0.175. The zero-order valence-electron chi connectivity index (χ0n) is 16.9. The van der Waals surface area contributed by atoms with Gasteiger partial charge in [-0.05, 0) is 49.2 Å². The Morgan fingerprint density at radius 3 is 2.40 bits per heavy atom. The summed E-state index contributed by atoms with van der Waals surface area (Å²) in [5, 5.41) is 2.89. The SMILES string of the molecule is CN(C)S(=O)(=O)c1ccc(NC(=O)C2CCN(c3nc4ccccc4o3)CC2)cc1. The van der Waals surface area contributed by atoms with E-state index in [1.54, 1.807) is 12.1 Å². The molecule has 0 radical (unpaired) electrons. The van der Waals surface area contributed by atoms with Crippen LogP contribution in [0.4, 0.5) is 11.7 Å². The second-order valence-electron chi connectivity index (χ2n) is 7.53. The predicted molar refractivity (Wildman–Crippen MR) is 115 cm³/mol. The fraction of sp³-hybridized carbons (Fsp3) is 0.333. The average molecular weight is 429 g/mol. The standard InChI is InChI=1S/C21H24N4O4S/c1-24(2)30(27,28)17-9-7-16(8-10-17)22-20(26)15-11-13-25(14-12-15)21-23-18-5-3-4-6-19(18)29-21/h3-10,15H,11-14H2,1-2H3,(H,22,26). The maximum Gasteiger partial charge on any atom is 0.298 e. The molecule has 3 aromatic rings. The van der Waals surface area contributed by atoms with Crippen molar-refractivity contribution in [2.45, 2.75) is 17.7 Å². The van der Waals surface area contributed by atoms with Gasteiger partial charge in [-0.2, -0.15) is 4.98 Å². The van der Waals surface area contributed by atoms with Gasteiger partial charge in [0, 0.05) is 38.8 Å². The molecule has 4 rings (SSSR count). The molecule has 9 heteroatoms. The number of benzene rings is 2. The number of oxazole rings is 1. The quantitative estimate of drug-likeness (QED) is 0.671. The third-order valence-corrected chi connectivity index (χ3v) is 7.15. The van der Waals surface area contributed by atoms with Crippen LogP contribution in [0.15, 0.2) is 57.8 Å². The molecule has 1 amide bonds. The average Bonchev–Trinajstić information content (AvgIpc) is 3.18. The Labute approximate surface area is 175 Å². The largest absolute Gasteiger partial charge is 0.423 e. The number of piperidine rings is 1. The third kappa shape index (κ3) is 4.03. The first kappa shape index (κ1) is 20.4. The second kappa shape index (κ2) is 8.08. The molecular formula is C21H24N4O4S. The number of para-hydroxylation sites is 2. The maximum atomic E-state index is 12.6. The molecule has 1 fully saturated rings. The number of nitrogens with one attached hydrogen (secondary N) is 1. The molecule has 158 valence electrons. The molecule has 0 atom stereocenters. The van der Waals surface area contributed by atoms with Crippen molar-refractivity contribution in [2.24, 2.45) is 5.92 Å². The third-order valence-electron chi connectivity index (χ3n) is 5.32. The topological polar surface area (TPSA) is 95.8 Å². The number of aromatic nitrogens is 1. The van der Waals surface area contributed by atoms with Gasteiger partial charge >= 0.3 is 0 Å². The van der Waals surface area contributed by atoms with Gasteiger partial charge in [0.2, 0.25) is 15.9 Å². The normalized spacial score (nSPS) is 15.6. The van der Waals surface area contributed by atoms with Gasteiger partial charge in [-0.3, -0.25) is 4.79 Å². The molecule has 0 saturated carbocycles. The number of hydrogen-bond acceptors (Lipinski definition) is 6. The van der Waals surface area contributed by atoms with Crippen molar-refractivity contribution in [3.63, 3.8) is 0 Å². The first-order valence-electron chi connectivity index (χ1n) is 9.78. The number of anilines is 2. The van der Waals surface area contributed by atoms with E-state index in [4.69, 9.17) is 4.42 Å². The zero-order chi connectivity index (χ0) is 21.3. The lowest BCUT2D eigenvalue weighted by Gasteiger charge is -2.30. The molecule has 0 aliphatic carbocycles. The van der Waals surface area contributed by atoms with Gasteiger partial charge in [0.1, 0.15) is 5.52 Å². The number of carbonyl (C=O) groups is 1. The van der Waals surface area contributed by atoms with E-state index >= 15 is 0 Å². The van der Waals surface area contributed by atoms with Gasteiger partial charge in [0.25, 0.3) is 6.01 Å². The van der Waals surface area contributed by atoms with Gasteiger partial charge < -0.3 is 14.6 Å². The van der Waals surface area contributed by atoms with Crippen LogP contribution in [0, 0.1) is 5.92 Å². The van der Waals surface area contributed by atoms with E-state index in [-0.39, 0.29) is 16.7 Å². The molecule has 1 aromatic heterocycles. The monoisotopic (exact) mass is 428 g/mol. The summed E-state index contributed by atoms with van der Waals surface area (Å²) in [6.07, 6.45) is 1.38. The molecule has 2 heterocycles. The number of rotatable bonds is 5. The van der Waals surface area contributed by atoms with E-state index in [9.17, 15) is 13.2 Å². The van der Waals surface area contributed by atoms with Crippen molar-refractivity contribution in [3.8, 4) is 0 Å². The molecule has 1 aliphatic heterocycles. The molecule has 1 saturated heterocycles. The Bertz CT molecular complexity index is 1110. The minimum atomic E-state index is -3.48. The molecule has 30 heavy (non-hydrogen) atoms. The molecule has 0 spiro atoms. The van der Waals surface area contributed by atoms with Crippen LogP contribution in [0.3, 0.4) is 0 Å². The Morgan fingerprint density at radius 1 is 1.10 bits per heavy atom. The summed E-state index contributed by atoms with van der Waals surface area (Å²) in [6.45, 7) is 1.37. The molecule has 8 nitrogen and oxygen atoms in total. The molecule has 1 N–H and O–H groups in total. The predicted octanol–water partition coefficient (Wildman–Crippen LogP) is 2.93. The molecule has 1 aliphatic rings. The first-order chi connectivity index (χ1) is 14.3. The number of hydrogen-bond donors (Lipinski definition) is 1. The van der Waals surface area contributed by atoms with Gasteiger partial charge in [0.15, 0.2) is 5.58 Å². The number of sulfonamides is 1. The molecule has 0 unspecified atom stereocenters. The van der Waals surface area contributed by atoms with E-state index in [2.05, 4.69) is 15.2 Å². The van der Waals surface area contributed by atoms with Gasteiger partial charge in [-0.15, -0.1) is 0 Å². The minimum absolute atomic E-state index is 0.0598. The summed E-state index contributed by atoms with van der Waals surface area (Å²) < 4.78 is 31.3. The summed E-state index contributed by atoms with van der Waals surface area (Å²) in [7, 11) is -0.516. The smallest absolute Gasteiger partial charge is 0.298 e. The Kier molecular flexibility index (Phi) is 5.48. The van der Waals surface area contributed by atoms with Crippen LogP contribution >= 0.6 is 0 Å². The van der Waals surface area contributed by atoms with Crippen LogP contribution < -0.4 is 10.2 Å². The Hall–Kier alpha value is -2.91. The highest BCUT2D eigenvalue weighted by Gasteiger charge is 2.27. The van der Waals surface area contributed by atoms with Crippen LogP contribution in [0.25, 0.3) is 11.1 Å². The van der Waals surface area contributed by atoms with Crippen LogP contribution in [-0.4, -0.2) is 50.8 Å². The van der Waals surface area contributed by atoms with Crippen LogP contribution in [0.2, 0.25) is 0 Å². The second-order valence-corrected chi connectivity index (χ2v) is 9.68. The van der Waals surface area contributed by atoms with Crippen molar-refractivity contribution in [1.82, 2.24) is 9.29 Å². The lowest BCUT2D eigenvalue weighted by Crippen LogP contribution is -2.38. The summed E-state index contributed by atoms with van der Waals surface area (Å²) in [5.41, 5.74) is 2.17. The molecule has 2 aromatic carbocycles. The van der Waals surface area contributed by atoms with E-state index < -0.39 is 10.0 Å². The van der Waals surface area contributed by atoms with Crippen molar-refractivity contribution < 1.29 is 17.6 Å². The van der Waals surface area contributed by atoms with Crippen LogP contribution in [0.1, 0.15) is 12.8 Å². The van der Waals surface area contributed by atoms with Crippen LogP contribution in [-0.2, 0) is 14.8 Å².